The van der Waals surface area contributed by atoms with Gasteiger partial charge in [-0.3, -0.25) is 4.79 Å². The fourth-order valence-corrected chi connectivity index (χ4v) is 2.55. The zero-order chi connectivity index (χ0) is 13.9. The number of carbonyl (C=O) groups excluding carboxylic acids is 1. The molecule has 1 aromatic carbocycles. The van der Waals surface area contributed by atoms with Crippen LogP contribution in [0.4, 0.5) is 5.69 Å². The first-order valence-corrected chi connectivity index (χ1v) is 7.03. The lowest BCUT2D eigenvalue weighted by molar-refractivity contribution is -0.116. The minimum Gasteiger partial charge on any atom is -0.326 e. The van der Waals surface area contributed by atoms with E-state index in [0.29, 0.717) is 12.3 Å². The Morgan fingerprint density at radius 2 is 2.05 bits per heavy atom. The molecule has 1 N–H and O–H groups in total. The van der Waals surface area contributed by atoms with E-state index >= 15 is 0 Å². The molecule has 2 rings (SSSR count). The van der Waals surface area contributed by atoms with E-state index in [1.807, 2.05) is 18.2 Å². The second-order valence-corrected chi connectivity index (χ2v) is 6.31. The fraction of sp³-hybridized carbons (Fsp3) is 0.471. The molecular weight excluding hydrogens is 234 g/mol. The zero-order valence-corrected chi connectivity index (χ0v) is 12.1. The summed E-state index contributed by atoms with van der Waals surface area (Å²) in [7, 11) is 0. The monoisotopic (exact) mass is 257 g/mol. The third-order valence-corrected chi connectivity index (χ3v) is 3.57. The summed E-state index contributed by atoms with van der Waals surface area (Å²) in [6, 6.07) is 8.07. The second kappa shape index (κ2) is 5.60. The Bertz CT molecular complexity index is 482. The summed E-state index contributed by atoms with van der Waals surface area (Å²) < 4.78 is 0. The molecule has 0 heterocycles. The van der Waals surface area contributed by atoms with Gasteiger partial charge in [-0.05, 0) is 35.8 Å². The molecule has 1 aliphatic carbocycles. The Hall–Kier alpha value is -1.57. The van der Waals surface area contributed by atoms with Crippen LogP contribution >= 0.6 is 0 Å². The fourth-order valence-electron chi connectivity index (χ4n) is 2.55. The molecule has 0 saturated heterocycles. The number of para-hydroxylation sites is 1. The number of benzene rings is 1. The maximum atomic E-state index is 12.1. The van der Waals surface area contributed by atoms with Crippen LogP contribution in [0.25, 0.3) is 0 Å². The van der Waals surface area contributed by atoms with Crippen molar-refractivity contribution in [3.63, 3.8) is 0 Å². The van der Waals surface area contributed by atoms with Crippen molar-refractivity contribution in [2.45, 2.75) is 45.4 Å². The van der Waals surface area contributed by atoms with Crippen molar-refractivity contribution in [3.05, 3.63) is 42.0 Å². The molecule has 0 radical (unpaired) electrons. The lowest BCUT2D eigenvalue weighted by atomic mass is 9.86. The van der Waals surface area contributed by atoms with E-state index in [0.717, 1.165) is 18.5 Å². The van der Waals surface area contributed by atoms with Crippen molar-refractivity contribution in [1.82, 2.24) is 0 Å². The van der Waals surface area contributed by atoms with Crippen molar-refractivity contribution < 1.29 is 4.79 Å². The van der Waals surface area contributed by atoms with Gasteiger partial charge in [-0.2, -0.15) is 0 Å². The number of anilines is 1. The van der Waals surface area contributed by atoms with Gasteiger partial charge in [-0.1, -0.05) is 51.1 Å². The predicted octanol–water partition coefficient (Wildman–Crippen LogP) is 4.28. The normalized spacial score (nSPS) is 18.6. The highest BCUT2D eigenvalue weighted by Crippen LogP contribution is 2.29. The first-order chi connectivity index (χ1) is 8.97. The van der Waals surface area contributed by atoms with E-state index in [1.54, 1.807) is 0 Å². The van der Waals surface area contributed by atoms with Gasteiger partial charge in [-0.15, -0.1) is 0 Å². The number of carbonyl (C=O) groups is 1. The predicted molar refractivity (Wildman–Crippen MR) is 80.3 cm³/mol. The zero-order valence-electron chi connectivity index (χ0n) is 12.1. The average molecular weight is 257 g/mol. The SMILES string of the molecule is CC(C)(C)c1ccccc1NC(=O)CC1C=CCC1. The van der Waals surface area contributed by atoms with Gasteiger partial charge >= 0.3 is 0 Å². The first kappa shape index (κ1) is 13.9. The topological polar surface area (TPSA) is 29.1 Å². The molecule has 1 amide bonds. The van der Waals surface area contributed by atoms with Crippen LogP contribution in [-0.4, -0.2) is 5.91 Å². The third kappa shape index (κ3) is 3.69. The molecule has 19 heavy (non-hydrogen) atoms. The molecule has 1 unspecified atom stereocenters. The van der Waals surface area contributed by atoms with Gasteiger partial charge in [0.1, 0.15) is 0 Å². The van der Waals surface area contributed by atoms with Crippen LogP contribution in [0.1, 0.15) is 45.6 Å². The van der Waals surface area contributed by atoms with E-state index in [9.17, 15) is 4.79 Å². The number of rotatable bonds is 3. The van der Waals surface area contributed by atoms with Crippen LogP contribution in [0.2, 0.25) is 0 Å². The van der Waals surface area contributed by atoms with Crippen LogP contribution in [0, 0.1) is 5.92 Å². The van der Waals surface area contributed by atoms with Crippen molar-refractivity contribution in [1.29, 1.82) is 0 Å². The lowest BCUT2D eigenvalue weighted by Gasteiger charge is -2.23. The van der Waals surface area contributed by atoms with E-state index in [2.05, 4.69) is 44.3 Å². The summed E-state index contributed by atoms with van der Waals surface area (Å²) in [5.41, 5.74) is 2.17. The summed E-state index contributed by atoms with van der Waals surface area (Å²) in [6.45, 7) is 6.49. The molecular formula is C17H23NO. The molecule has 0 aliphatic heterocycles. The van der Waals surface area contributed by atoms with Crippen LogP contribution in [0.5, 0.6) is 0 Å². The molecule has 1 aromatic rings. The molecule has 102 valence electrons. The van der Waals surface area contributed by atoms with Gasteiger partial charge in [0.15, 0.2) is 0 Å². The first-order valence-electron chi connectivity index (χ1n) is 7.03. The molecule has 2 nitrogen and oxygen atoms in total. The number of nitrogens with one attached hydrogen (secondary N) is 1. The Kier molecular flexibility index (Phi) is 4.08. The van der Waals surface area contributed by atoms with Crippen LogP contribution in [-0.2, 0) is 10.2 Å². The van der Waals surface area contributed by atoms with Crippen LogP contribution in [0.3, 0.4) is 0 Å². The number of hydrogen-bond donors (Lipinski definition) is 1. The highest BCUT2D eigenvalue weighted by atomic mass is 16.1. The van der Waals surface area contributed by atoms with Crippen LogP contribution in [0.15, 0.2) is 36.4 Å². The molecule has 0 bridgehead atoms. The maximum Gasteiger partial charge on any atom is 0.224 e. The molecule has 0 saturated carbocycles. The minimum atomic E-state index is 0.0388. The Morgan fingerprint density at radius 3 is 2.68 bits per heavy atom. The highest BCUT2D eigenvalue weighted by Gasteiger charge is 2.19. The van der Waals surface area contributed by atoms with Gasteiger partial charge < -0.3 is 5.32 Å². The van der Waals surface area contributed by atoms with Crippen molar-refractivity contribution in [2.75, 3.05) is 5.32 Å². The Balaban J connectivity index is 2.06. The van der Waals surface area contributed by atoms with Gasteiger partial charge in [0.25, 0.3) is 0 Å². The Labute approximate surface area is 115 Å². The van der Waals surface area contributed by atoms with Gasteiger partial charge in [-0.25, -0.2) is 0 Å². The maximum absolute atomic E-state index is 12.1. The standard InChI is InChI=1S/C17H23NO/c1-17(2,3)14-10-6-7-11-15(14)18-16(19)12-13-8-4-5-9-13/h4,6-8,10-11,13H,5,9,12H2,1-3H3,(H,18,19). The summed E-state index contributed by atoms with van der Waals surface area (Å²) in [6.07, 6.45) is 7.14. The number of amides is 1. The van der Waals surface area contributed by atoms with Crippen LogP contribution < -0.4 is 5.32 Å². The van der Waals surface area contributed by atoms with E-state index in [4.69, 9.17) is 0 Å². The summed E-state index contributed by atoms with van der Waals surface area (Å²) in [5.74, 6) is 0.537. The lowest BCUT2D eigenvalue weighted by Crippen LogP contribution is -2.19. The summed E-state index contributed by atoms with van der Waals surface area (Å²) >= 11 is 0. The molecule has 0 spiro atoms. The molecule has 0 aromatic heterocycles. The summed E-state index contributed by atoms with van der Waals surface area (Å²) in [5, 5.41) is 3.07. The highest BCUT2D eigenvalue weighted by molar-refractivity contribution is 5.92. The quantitative estimate of drug-likeness (QED) is 0.805. The minimum absolute atomic E-state index is 0.0388. The van der Waals surface area contributed by atoms with E-state index in [-0.39, 0.29) is 11.3 Å². The van der Waals surface area contributed by atoms with Gasteiger partial charge in [0.05, 0.1) is 0 Å². The summed E-state index contributed by atoms with van der Waals surface area (Å²) in [4.78, 5) is 12.1. The number of allylic oxidation sites excluding steroid dienone is 2. The third-order valence-electron chi connectivity index (χ3n) is 3.57. The molecule has 2 heteroatoms. The number of hydrogen-bond acceptors (Lipinski definition) is 1. The largest absolute Gasteiger partial charge is 0.326 e. The van der Waals surface area contributed by atoms with Gasteiger partial charge in [0, 0.05) is 12.1 Å². The Morgan fingerprint density at radius 1 is 1.32 bits per heavy atom. The molecule has 0 fully saturated rings. The molecule has 1 aliphatic rings. The van der Waals surface area contributed by atoms with Gasteiger partial charge in [0.2, 0.25) is 5.91 Å². The van der Waals surface area contributed by atoms with Crippen molar-refractivity contribution in [3.8, 4) is 0 Å². The van der Waals surface area contributed by atoms with Crippen molar-refractivity contribution in [2.24, 2.45) is 5.92 Å². The molecule has 1 atom stereocenters. The van der Waals surface area contributed by atoms with Crippen molar-refractivity contribution >= 4 is 11.6 Å². The average Bonchev–Trinajstić information content (AvgIpc) is 2.81. The smallest absolute Gasteiger partial charge is 0.224 e. The van der Waals surface area contributed by atoms with E-state index in [1.165, 1.54) is 5.56 Å². The second-order valence-electron chi connectivity index (χ2n) is 6.31. The van der Waals surface area contributed by atoms with E-state index < -0.39 is 0 Å².